The summed E-state index contributed by atoms with van der Waals surface area (Å²) in [6.07, 6.45) is 0.0569. The van der Waals surface area contributed by atoms with E-state index >= 15 is 0 Å². The van der Waals surface area contributed by atoms with Gasteiger partial charge < -0.3 is 19.7 Å². The molecule has 2 amide bonds. The number of piperidine rings is 1. The molecule has 32 heavy (non-hydrogen) atoms. The normalized spacial score (nSPS) is 19.8. The minimum atomic E-state index is -0.940. The Morgan fingerprint density at radius 2 is 1.81 bits per heavy atom. The number of likely N-dealkylation sites (tertiary alicyclic amines) is 1. The molecule has 0 aromatic heterocycles. The van der Waals surface area contributed by atoms with Gasteiger partial charge >= 0.3 is 6.09 Å². The van der Waals surface area contributed by atoms with Gasteiger partial charge in [-0.05, 0) is 30.7 Å². The van der Waals surface area contributed by atoms with E-state index in [1.54, 1.807) is 4.90 Å². The van der Waals surface area contributed by atoms with Gasteiger partial charge in [-0.25, -0.2) is 4.79 Å². The molecule has 2 aliphatic rings. The van der Waals surface area contributed by atoms with Crippen LogP contribution in [0.3, 0.4) is 0 Å². The summed E-state index contributed by atoms with van der Waals surface area (Å²) in [5.41, 5.74) is 0.290. The molecule has 0 saturated carbocycles. The third kappa shape index (κ3) is 6.68. The predicted molar refractivity (Wildman–Crippen MR) is 120 cm³/mol. The van der Waals surface area contributed by atoms with Gasteiger partial charge in [-0.3, -0.25) is 9.69 Å². The maximum Gasteiger partial charge on any atom is 0.410 e. The number of morpholine rings is 1. The van der Waals surface area contributed by atoms with Gasteiger partial charge in [0.15, 0.2) is 6.10 Å². The van der Waals surface area contributed by atoms with Gasteiger partial charge in [-0.2, -0.15) is 5.26 Å². The molecule has 1 aromatic carbocycles. The van der Waals surface area contributed by atoms with Crippen LogP contribution in [0.1, 0.15) is 38.7 Å². The zero-order valence-electron chi connectivity index (χ0n) is 19.1. The second-order valence-corrected chi connectivity index (χ2v) is 9.05. The molecule has 2 heterocycles. The smallest absolute Gasteiger partial charge is 0.410 e. The maximum atomic E-state index is 13.1. The summed E-state index contributed by atoms with van der Waals surface area (Å²) >= 11 is 0. The predicted octanol–water partition coefficient (Wildman–Crippen LogP) is 2.54. The molecule has 0 bridgehead atoms. The van der Waals surface area contributed by atoms with Crippen molar-refractivity contribution in [3.05, 3.63) is 35.9 Å². The lowest BCUT2D eigenvalue weighted by Gasteiger charge is -2.38. The minimum absolute atomic E-state index is 0.161. The van der Waals surface area contributed by atoms with E-state index in [-0.39, 0.29) is 5.92 Å². The number of rotatable bonds is 7. The SMILES string of the molecule is CC(C)C[C@H](OC(=O)N1CCOCC1)C(=O)NC1(C#N)CCN(Cc2ccccc2)CC1. The van der Waals surface area contributed by atoms with Gasteiger partial charge in [0.1, 0.15) is 5.54 Å². The van der Waals surface area contributed by atoms with Crippen LogP contribution in [0.25, 0.3) is 0 Å². The highest BCUT2D eigenvalue weighted by Crippen LogP contribution is 2.24. The second-order valence-electron chi connectivity index (χ2n) is 9.05. The number of carbonyl (C=O) groups is 2. The van der Waals surface area contributed by atoms with Crippen molar-refractivity contribution in [1.29, 1.82) is 5.26 Å². The van der Waals surface area contributed by atoms with E-state index in [9.17, 15) is 14.9 Å². The van der Waals surface area contributed by atoms with E-state index in [1.807, 2.05) is 32.0 Å². The Morgan fingerprint density at radius 3 is 2.41 bits per heavy atom. The number of nitriles is 1. The number of ether oxygens (including phenoxy) is 2. The summed E-state index contributed by atoms with van der Waals surface area (Å²) in [6.45, 7) is 8.04. The van der Waals surface area contributed by atoms with Crippen LogP contribution in [0.4, 0.5) is 4.79 Å². The van der Waals surface area contributed by atoms with Gasteiger partial charge in [-0.15, -0.1) is 0 Å². The highest BCUT2D eigenvalue weighted by atomic mass is 16.6. The van der Waals surface area contributed by atoms with Crippen LogP contribution in [-0.2, 0) is 20.8 Å². The molecule has 1 aromatic rings. The average Bonchev–Trinajstić information content (AvgIpc) is 2.81. The van der Waals surface area contributed by atoms with Crippen molar-refractivity contribution in [1.82, 2.24) is 15.1 Å². The summed E-state index contributed by atoms with van der Waals surface area (Å²) in [7, 11) is 0. The Balaban J connectivity index is 1.58. The Hall–Kier alpha value is -2.63. The van der Waals surface area contributed by atoms with Gasteiger partial charge in [0.05, 0.1) is 19.3 Å². The highest BCUT2D eigenvalue weighted by Gasteiger charge is 2.39. The molecule has 1 atom stereocenters. The first kappa shape index (κ1) is 24.0. The quantitative estimate of drug-likeness (QED) is 0.697. The maximum absolute atomic E-state index is 13.1. The van der Waals surface area contributed by atoms with E-state index in [2.05, 4.69) is 28.4 Å². The van der Waals surface area contributed by atoms with Crippen molar-refractivity contribution in [3.63, 3.8) is 0 Å². The summed E-state index contributed by atoms with van der Waals surface area (Å²) in [4.78, 5) is 29.5. The fraction of sp³-hybridized carbons (Fsp3) is 0.625. The topological polar surface area (TPSA) is 94.9 Å². The van der Waals surface area contributed by atoms with Gasteiger partial charge in [-0.1, -0.05) is 44.2 Å². The lowest BCUT2D eigenvalue weighted by Crippen LogP contribution is -2.57. The van der Waals surface area contributed by atoms with E-state index in [0.717, 1.165) is 6.54 Å². The number of benzene rings is 1. The molecule has 8 nitrogen and oxygen atoms in total. The zero-order chi connectivity index (χ0) is 23.0. The third-order valence-electron chi connectivity index (χ3n) is 6.03. The fourth-order valence-corrected chi connectivity index (χ4v) is 4.09. The van der Waals surface area contributed by atoms with Crippen molar-refractivity contribution in [2.24, 2.45) is 5.92 Å². The van der Waals surface area contributed by atoms with Crippen molar-refractivity contribution in [3.8, 4) is 6.07 Å². The Labute approximate surface area is 190 Å². The van der Waals surface area contributed by atoms with E-state index in [0.29, 0.717) is 58.7 Å². The van der Waals surface area contributed by atoms with Crippen molar-refractivity contribution in [2.45, 2.75) is 51.3 Å². The number of nitrogens with one attached hydrogen (secondary N) is 1. The first-order valence-electron chi connectivity index (χ1n) is 11.4. The van der Waals surface area contributed by atoms with Crippen LogP contribution in [0.5, 0.6) is 0 Å². The molecule has 3 rings (SSSR count). The molecule has 2 saturated heterocycles. The summed E-state index contributed by atoms with van der Waals surface area (Å²) in [6, 6.07) is 12.5. The first-order chi connectivity index (χ1) is 15.4. The standard InChI is InChI=1S/C24H34N4O4/c1-19(2)16-21(32-23(30)28-12-14-31-15-13-28)22(29)26-24(18-25)8-10-27(11-9-24)17-20-6-4-3-5-7-20/h3-7,19,21H,8-17H2,1-2H3,(H,26,29)/t21-/m0/s1. The van der Waals surface area contributed by atoms with Gasteiger partial charge in [0, 0.05) is 32.7 Å². The molecule has 2 fully saturated rings. The second kappa shape index (κ2) is 11.3. The zero-order valence-corrected chi connectivity index (χ0v) is 19.1. The number of carbonyl (C=O) groups excluding carboxylic acids is 2. The average molecular weight is 443 g/mol. The summed E-state index contributed by atoms with van der Waals surface area (Å²) in [5.74, 6) is -0.229. The van der Waals surface area contributed by atoms with E-state index < -0.39 is 23.6 Å². The number of nitrogens with zero attached hydrogens (tertiary/aromatic N) is 3. The molecular weight excluding hydrogens is 408 g/mol. The largest absolute Gasteiger partial charge is 0.436 e. The molecule has 1 N–H and O–H groups in total. The van der Waals surface area contributed by atoms with Crippen LogP contribution >= 0.6 is 0 Å². The lowest BCUT2D eigenvalue weighted by molar-refractivity contribution is -0.133. The highest BCUT2D eigenvalue weighted by molar-refractivity contribution is 5.84. The third-order valence-corrected chi connectivity index (χ3v) is 6.03. The molecule has 8 heteroatoms. The minimum Gasteiger partial charge on any atom is -0.436 e. The van der Waals surface area contributed by atoms with Gasteiger partial charge in [0.2, 0.25) is 0 Å². The van der Waals surface area contributed by atoms with E-state index in [1.165, 1.54) is 5.56 Å². The number of hydrogen-bond donors (Lipinski definition) is 1. The molecule has 0 unspecified atom stereocenters. The molecule has 2 aliphatic heterocycles. The Morgan fingerprint density at radius 1 is 1.16 bits per heavy atom. The van der Waals surface area contributed by atoms with Crippen LogP contribution in [0.15, 0.2) is 30.3 Å². The molecular formula is C24H34N4O4. The molecule has 0 radical (unpaired) electrons. The Bertz CT molecular complexity index is 794. The molecule has 0 aliphatic carbocycles. The first-order valence-corrected chi connectivity index (χ1v) is 11.4. The number of amides is 2. The van der Waals surface area contributed by atoms with Crippen molar-refractivity contribution < 1.29 is 19.1 Å². The Kier molecular flexibility index (Phi) is 8.48. The van der Waals surface area contributed by atoms with E-state index in [4.69, 9.17) is 9.47 Å². The van der Waals surface area contributed by atoms with Crippen LogP contribution in [-0.4, -0.2) is 72.8 Å². The van der Waals surface area contributed by atoms with Crippen molar-refractivity contribution in [2.75, 3.05) is 39.4 Å². The van der Waals surface area contributed by atoms with Crippen LogP contribution < -0.4 is 5.32 Å². The van der Waals surface area contributed by atoms with Gasteiger partial charge in [0.25, 0.3) is 5.91 Å². The van der Waals surface area contributed by atoms with Crippen LogP contribution in [0, 0.1) is 17.2 Å². The lowest BCUT2D eigenvalue weighted by atomic mass is 9.88. The van der Waals surface area contributed by atoms with Crippen molar-refractivity contribution >= 4 is 12.0 Å². The monoisotopic (exact) mass is 442 g/mol. The molecule has 174 valence electrons. The fourth-order valence-electron chi connectivity index (χ4n) is 4.09. The molecule has 0 spiro atoms. The van der Waals surface area contributed by atoms with Crippen LogP contribution in [0.2, 0.25) is 0 Å². The summed E-state index contributed by atoms with van der Waals surface area (Å²) in [5, 5.41) is 12.8. The number of hydrogen-bond acceptors (Lipinski definition) is 6. The summed E-state index contributed by atoms with van der Waals surface area (Å²) < 4.78 is 10.9.